The summed E-state index contributed by atoms with van der Waals surface area (Å²) < 4.78 is 1.05. The summed E-state index contributed by atoms with van der Waals surface area (Å²) in [6, 6.07) is 16.3. The zero-order valence-corrected chi connectivity index (χ0v) is 19.7. The van der Waals surface area contributed by atoms with E-state index in [4.69, 9.17) is 0 Å². The van der Waals surface area contributed by atoms with Gasteiger partial charge >= 0.3 is 0 Å². The zero-order valence-electron chi connectivity index (χ0n) is 15.8. The van der Waals surface area contributed by atoms with Gasteiger partial charge in [-0.1, -0.05) is 57.9 Å². The Morgan fingerprint density at radius 3 is 2.41 bits per heavy atom. The van der Waals surface area contributed by atoms with E-state index in [1.165, 1.54) is 5.56 Å². The molecule has 0 heterocycles. The fourth-order valence-corrected chi connectivity index (χ4v) is 2.52. The van der Waals surface area contributed by atoms with Gasteiger partial charge in [-0.25, -0.2) is 4.99 Å². The first-order chi connectivity index (χ1) is 12.4. The van der Waals surface area contributed by atoms with Crippen molar-refractivity contribution in [3.8, 4) is 0 Å². The van der Waals surface area contributed by atoms with Gasteiger partial charge in [-0.2, -0.15) is 0 Å². The number of nitrogens with zero attached hydrogens (tertiary/aromatic N) is 2. The van der Waals surface area contributed by atoms with E-state index < -0.39 is 0 Å². The van der Waals surface area contributed by atoms with Gasteiger partial charge in [0.15, 0.2) is 5.96 Å². The summed E-state index contributed by atoms with van der Waals surface area (Å²) in [7, 11) is 3.48. The quantitative estimate of drug-likeness (QED) is 0.331. The Balaban J connectivity index is 0.00000364. The van der Waals surface area contributed by atoms with Gasteiger partial charge < -0.3 is 15.5 Å². The van der Waals surface area contributed by atoms with Crippen molar-refractivity contribution >= 4 is 51.8 Å². The van der Waals surface area contributed by atoms with Crippen LogP contribution >= 0.6 is 39.9 Å². The number of nitrogens with one attached hydrogen (secondary N) is 2. The number of hydrogen-bond acceptors (Lipinski definition) is 2. The number of likely N-dealkylation sites (N-methyl/N-ethyl adjacent to an activating group) is 1. The lowest BCUT2D eigenvalue weighted by atomic mass is 10.1. The van der Waals surface area contributed by atoms with Crippen molar-refractivity contribution in [2.45, 2.75) is 20.0 Å². The molecule has 2 N–H and O–H groups in total. The minimum atomic E-state index is -0.00121. The van der Waals surface area contributed by atoms with Gasteiger partial charge in [0, 0.05) is 25.1 Å². The third-order valence-corrected chi connectivity index (χ3v) is 4.31. The van der Waals surface area contributed by atoms with Crippen molar-refractivity contribution in [3.05, 3.63) is 69.7 Å². The van der Waals surface area contributed by atoms with Gasteiger partial charge in [0.2, 0.25) is 5.91 Å². The topological polar surface area (TPSA) is 56.7 Å². The number of rotatable bonds is 6. The summed E-state index contributed by atoms with van der Waals surface area (Å²) in [6.45, 7) is 3.44. The maximum Gasteiger partial charge on any atom is 0.241 e. The smallest absolute Gasteiger partial charge is 0.241 e. The van der Waals surface area contributed by atoms with E-state index in [0.717, 1.165) is 15.6 Å². The summed E-state index contributed by atoms with van der Waals surface area (Å²) in [5.41, 5.74) is 3.48. The average Bonchev–Trinajstić information content (AvgIpc) is 2.62. The Kier molecular flexibility index (Phi) is 10.4. The molecule has 2 aromatic rings. The molecule has 2 aromatic carbocycles. The number of aliphatic imine (C=N–C) groups is 1. The van der Waals surface area contributed by atoms with Gasteiger partial charge in [0.1, 0.15) is 0 Å². The van der Waals surface area contributed by atoms with Crippen molar-refractivity contribution in [1.82, 2.24) is 15.5 Å². The number of carbonyl (C=O) groups is 1. The van der Waals surface area contributed by atoms with Crippen molar-refractivity contribution in [2.75, 3.05) is 20.6 Å². The molecule has 0 saturated heterocycles. The molecule has 2 rings (SSSR count). The van der Waals surface area contributed by atoms with E-state index in [-0.39, 0.29) is 36.4 Å². The molecule has 7 heteroatoms. The number of guanidine groups is 1. The zero-order chi connectivity index (χ0) is 18.9. The lowest BCUT2D eigenvalue weighted by molar-refractivity contribution is -0.127. The molecule has 146 valence electrons. The molecule has 0 radical (unpaired) electrons. The third-order valence-electron chi connectivity index (χ3n) is 3.78. The lowest BCUT2D eigenvalue weighted by Gasteiger charge is -2.15. The first kappa shape index (κ1) is 23.4. The number of halogens is 2. The van der Waals surface area contributed by atoms with Crippen LogP contribution in [0.25, 0.3) is 0 Å². The molecule has 27 heavy (non-hydrogen) atoms. The molecule has 0 aliphatic carbocycles. The van der Waals surface area contributed by atoms with Gasteiger partial charge in [-0.05, 0) is 30.2 Å². The van der Waals surface area contributed by atoms with Crippen LogP contribution in [0, 0.1) is 6.92 Å². The molecule has 0 aliphatic heterocycles. The predicted molar refractivity (Wildman–Crippen MR) is 125 cm³/mol. The Labute approximate surface area is 186 Å². The standard InChI is InChI=1S/C20H25BrN4O.HI/c1-15-5-4-6-17(11-15)13-23-20(24-14-19(26)25(2)3)22-12-16-7-9-18(21)10-8-16;/h4-11H,12-14H2,1-3H3,(H2,22,23,24);1H. The lowest BCUT2D eigenvalue weighted by Crippen LogP contribution is -2.42. The second-order valence-electron chi connectivity index (χ2n) is 6.28. The van der Waals surface area contributed by atoms with Crippen LogP contribution in [-0.2, 0) is 17.9 Å². The van der Waals surface area contributed by atoms with Crippen LogP contribution < -0.4 is 10.6 Å². The first-order valence-electron chi connectivity index (χ1n) is 8.46. The van der Waals surface area contributed by atoms with Crippen LogP contribution in [0.5, 0.6) is 0 Å². The van der Waals surface area contributed by atoms with Crippen molar-refractivity contribution in [2.24, 2.45) is 4.99 Å². The van der Waals surface area contributed by atoms with Crippen molar-refractivity contribution < 1.29 is 4.79 Å². The molecule has 0 aromatic heterocycles. The van der Waals surface area contributed by atoms with E-state index in [1.807, 2.05) is 36.4 Å². The summed E-state index contributed by atoms with van der Waals surface area (Å²) in [4.78, 5) is 18.0. The SMILES string of the molecule is Cc1cccc(CN=C(NCC(=O)N(C)C)NCc2ccc(Br)cc2)c1.I. The number of amides is 1. The molecule has 0 bridgehead atoms. The average molecular weight is 545 g/mol. The van der Waals surface area contributed by atoms with Crippen molar-refractivity contribution in [1.29, 1.82) is 0 Å². The highest BCUT2D eigenvalue weighted by Gasteiger charge is 2.06. The van der Waals surface area contributed by atoms with Crippen LogP contribution in [0.4, 0.5) is 0 Å². The van der Waals surface area contributed by atoms with Crippen molar-refractivity contribution in [3.63, 3.8) is 0 Å². The monoisotopic (exact) mass is 544 g/mol. The summed E-state index contributed by atoms with van der Waals surface area (Å²) >= 11 is 3.44. The van der Waals surface area contributed by atoms with Crippen LogP contribution in [0.2, 0.25) is 0 Å². The molecular weight excluding hydrogens is 519 g/mol. The minimum absolute atomic E-state index is 0. The van der Waals surface area contributed by atoms with Gasteiger partial charge in [-0.3, -0.25) is 4.79 Å². The summed E-state index contributed by atoms with van der Waals surface area (Å²) in [6.07, 6.45) is 0. The van der Waals surface area contributed by atoms with E-state index >= 15 is 0 Å². The third kappa shape index (κ3) is 8.75. The summed E-state index contributed by atoms with van der Waals surface area (Å²) in [5.74, 6) is 0.614. The molecule has 0 saturated carbocycles. The molecule has 5 nitrogen and oxygen atoms in total. The van der Waals surface area contributed by atoms with E-state index in [9.17, 15) is 4.79 Å². The van der Waals surface area contributed by atoms with E-state index in [2.05, 4.69) is 50.6 Å². The Morgan fingerprint density at radius 1 is 1.07 bits per heavy atom. The number of benzene rings is 2. The molecular formula is C20H26BrIN4O. The first-order valence-corrected chi connectivity index (χ1v) is 9.25. The molecule has 0 aliphatic rings. The molecule has 0 spiro atoms. The largest absolute Gasteiger partial charge is 0.352 e. The summed E-state index contributed by atoms with van der Waals surface area (Å²) in [5, 5.41) is 6.39. The van der Waals surface area contributed by atoms with Crippen LogP contribution in [0.3, 0.4) is 0 Å². The highest BCUT2D eigenvalue weighted by atomic mass is 127. The molecule has 0 atom stereocenters. The van der Waals surface area contributed by atoms with Gasteiger partial charge in [0.05, 0.1) is 13.1 Å². The fraction of sp³-hybridized carbons (Fsp3) is 0.300. The van der Waals surface area contributed by atoms with E-state index in [0.29, 0.717) is 19.0 Å². The Bertz CT molecular complexity index is 763. The second kappa shape index (κ2) is 12.0. The normalized spacial score (nSPS) is 10.7. The van der Waals surface area contributed by atoms with Gasteiger partial charge in [-0.15, -0.1) is 24.0 Å². The van der Waals surface area contributed by atoms with Crippen LogP contribution in [0.15, 0.2) is 58.0 Å². The van der Waals surface area contributed by atoms with Crippen LogP contribution in [0.1, 0.15) is 16.7 Å². The minimum Gasteiger partial charge on any atom is -0.352 e. The predicted octanol–water partition coefficient (Wildman–Crippen LogP) is 3.70. The number of hydrogen-bond donors (Lipinski definition) is 2. The molecule has 0 unspecified atom stereocenters. The van der Waals surface area contributed by atoms with Crippen LogP contribution in [-0.4, -0.2) is 37.4 Å². The Hall–Kier alpha value is -1.61. The fourth-order valence-electron chi connectivity index (χ4n) is 2.26. The highest BCUT2D eigenvalue weighted by molar-refractivity contribution is 14.0. The highest BCUT2D eigenvalue weighted by Crippen LogP contribution is 2.10. The maximum atomic E-state index is 11.9. The maximum absolute atomic E-state index is 11.9. The van der Waals surface area contributed by atoms with E-state index in [1.54, 1.807) is 19.0 Å². The molecule has 0 fully saturated rings. The molecule has 1 amide bonds. The number of aryl methyl sites for hydroxylation is 1. The second-order valence-corrected chi connectivity index (χ2v) is 7.19. The van der Waals surface area contributed by atoms with Gasteiger partial charge in [0.25, 0.3) is 0 Å². The Morgan fingerprint density at radius 2 is 1.78 bits per heavy atom. The number of carbonyl (C=O) groups excluding carboxylic acids is 1.